The number of hydrogen-bond acceptors (Lipinski definition) is 8. The summed E-state index contributed by atoms with van der Waals surface area (Å²) in [6, 6.07) is 5.78. The van der Waals surface area contributed by atoms with Gasteiger partial charge in [0.1, 0.15) is 11.5 Å². The van der Waals surface area contributed by atoms with Gasteiger partial charge in [0.25, 0.3) is 17.5 Å². The molecule has 0 radical (unpaired) electrons. The van der Waals surface area contributed by atoms with Gasteiger partial charge in [-0.15, -0.1) is 10.2 Å². The van der Waals surface area contributed by atoms with Crippen LogP contribution >= 0.6 is 0 Å². The zero-order chi connectivity index (χ0) is 18.8. The van der Waals surface area contributed by atoms with Crippen LogP contribution in [0.3, 0.4) is 0 Å². The van der Waals surface area contributed by atoms with E-state index in [0.29, 0.717) is 16.9 Å². The molecule has 134 valence electrons. The van der Waals surface area contributed by atoms with Crippen molar-refractivity contribution in [2.24, 2.45) is 0 Å². The van der Waals surface area contributed by atoms with E-state index in [-0.39, 0.29) is 29.6 Å². The fraction of sp³-hybridized carbons (Fsp3) is 0.235. The summed E-state index contributed by atoms with van der Waals surface area (Å²) < 4.78 is 16.0. The molecule has 0 fully saturated rings. The second kappa shape index (κ2) is 6.79. The molecule has 0 atom stereocenters. The fourth-order valence-corrected chi connectivity index (χ4v) is 2.46. The number of ether oxygens (including phenoxy) is 1. The minimum Gasteiger partial charge on any atom is -0.466 e. The summed E-state index contributed by atoms with van der Waals surface area (Å²) >= 11 is 0. The van der Waals surface area contributed by atoms with Crippen molar-refractivity contribution in [3.8, 4) is 11.5 Å². The molecule has 2 heterocycles. The summed E-state index contributed by atoms with van der Waals surface area (Å²) in [5, 5.41) is 18.6. The molecule has 0 aliphatic rings. The Morgan fingerprint density at radius 2 is 1.96 bits per heavy atom. The van der Waals surface area contributed by atoms with E-state index >= 15 is 0 Å². The molecule has 3 rings (SSSR count). The third-order valence-electron chi connectivity index (χ3n) is 3.69. The van der Waals surface area contributed by atoms with Gasteiger partial charge in [0, 0.05) is 11.6 Å². The first kappa shape index (κ1) is 17.3. The first-order chi connectivity index (χ1) is 12.3. The van der Waals surface area contributed by atoms with Crippen molar-refractivity contribution in [2.45, 2.75) is 27.4 Å². The quantitative estimate of drug-likeness (QED) is 0.386. The highest BCUT2D eigenvalue weighted by atomic mass is 16.6. The number of esters is 1. The molecule has 0 saturated carbocycles. The molecule has 0 aliphatic carbocycles. The Morgan fingerprint density at radius 1 is 1.19 bits per heavy atom. The lowest BCUT2D eigenvalue weighted by atomic mass is 10.1. The van der Waals surface area contributed by atoms with E-state index < -0.39 is 10.9 Å². The highest BCUT2D eigenvalue weighted by Gasteiger charge is 2.17. The Labute approximate surface area is 147 Å². The molecule has 0 amide bonds. The van der Waals surface area contributed by atoms with Gasteiger partial charge in [-0.2, -0.15) is 0 Å². The number of nitro benzene ring substituents is 1. The number of rotatable bonds is 5. The number of aryl methyl sites for hydroxylation is 3. The number of nitro groups is 1. The molecular formula is C17H15N3O6. The number of hydrogen-bond donors (Lipinski definition) is 0. The second-order valence-corrected chi connectivity index (χ2v) is 5.66. The molecule has 0 unspecified atom stereocenters. The summed E-state index contributed by atoms with van der Waals surface area (Å²) in [7, 11) is 0. The maximum Gasteiger partial charge on any atom is 0.338 e. The number of aromatic nitrogens is 2. The van der Waals surface area contributed by atoms with Gasteiger partial charge in [-0.05, 0) is 39.0 Å². The Bertz CT molecular complexity index is 988. The smallest absolute Gasteiger partial charge is 0.338 e. The molecule has 3 aromatic rings. The van der Waals surface area contributed by atoms with Crippen LogP contribution in [0.4, 0.5) is 5.69 Å². The first-order valence-electron chi connectivity index (χ1n) is 7.67. The van der Waals surface area contributed by atoms with Crippen molar-refractivity contribution in [1.82, 2.24) is 10.2 Å². The normalized spacial score (nSPS) is 10.7. The van der Waals surface area contributed by atoms with Gasteiger partial charge >= 0.3 is 5.97 Å². The summed E-state index contributed by atoms with van der Waals surface area (Å²) in [5.74, 6) is 1.13. The van der Waals surface area contributed by atoms with E-state index in [1.807, 2.05) is 6.92 Å². The number of carbonyl (C=O) groups is 1. The van der Waals surface area contributed by atoms with Crippen LogP contribution in [-0.4, -0.2) is 21.1 Å². The van der Waals surface area contributed by atoms with Crippen molar-refractivity contribution in [3.63, 3.8) is 0 Å². The van der Waals surface area contributed by atoms with E-state index in [4.69, 9.17) is 13.6 Å². The van der Waals surface area contributed by atoms with Crippen LogP contribution in [-0.2, 0) is 11.3 Å². The topological polar surface area (TPSA) is 122 Å². The molecule has 0 aliphatic heterocycles. The van der Waals surface area contributed by atoms with E-state index in [9.17, 15) is 14.9 Å². The maximum absolute atomic E-state index is 12.1. The lowest BCUT2D eigenvalue weighted by molar-refractivity contribution is -0.385. The van der Waals surface area contributed by atoms with Crippen molar-refractivity contribution < 1.29 is 23.3 Å². The van der Waals surface area contributed by atoms with Crippen molar-refractivity contribution in [1.29, 1.82) is 0 Å². The van der Waals surface area contributed by atoms with Gasteiger partial charge in [-0.25, -0.2) is 4.79 Å². The van der Waals surface area contributed by atoms with E-state index in [1.165, 1.54) is 18.2 Å². The molecular weight excluding hydrogens is 342 g/mol. The second-order valence-electron chi connectivity index (χ2n) is 5.66. The van der Waals surface area contributed by atoms with Crippen LogP contribution in [0.2, 0.25) is 0 Å². The van der Waals surface area contributed by atoms with Crippen LogP contribution in [0, 0.1) is 30.9 Å². The van der Waals surface area contributed by atoms with Gasteiger partial charge in [-0.1, -0.05) is 0 Å². The fourth-order valence-electron chi connectivity index (χ4n) is 2.46. The molecule has 0 N–H and O–H groups in total. The molecule has 26 heavy (non-hydrogen) atoms. The van der Waals surface area contributed by atoms with Gasteiger partial charge in [0.15, 0.2) is 6.61 Å². The molecule has 2 aromatic heterocycles. The number of nitrogens with zero attached hydrogens (tertiary/aromatic N) is 3. The first-order valence-corrected chi connectivity index (χ1v) is 7.67. The molecule has 0 bridgehead atoms. The average Bonchev–Trinajstić information content (AvgIpc) is 3.18. The average molecular weight is 357 g/mol. The molecule has 0 spiro atoms. The summed E-state index contributed by atoms with van der Waals surface area (Å²) in [6.07, 6.45) is 0. The van der Waals surface area contributed by atoms with Crippen LogP contribution in [0.5, 0.6) is 0 Å². The van der Waals surface area contributed by atoms with Gasteiger partial charge in [0.05, 0.1) is 16.1 Å². The standard InChI is InChI=1S/C17H15N3O6/c1-9-6-12(4-5-14(9)20(22)23)17(21)24-8-15-18-19-16(26-15)13-7-10(2)25-11(13)3/h4-7H,8H2,1-3H3. The Kier molecular flexibility index (Phi) is 4.53. The van der Waals surface area contributed by atoms with E-state index in [2.05, 4.69) is 10.2 Å². The number of furan rings is 1. The molecule has 0 saturated heterocycles. The van der Waals surface area contributed by atoms with Crippen LogP contribution in [0.15, 0.2) is 33.1 Å². The van der Waals surface area contributed by atoms with E-state index in [0.717, 1.165) is 5.76 Å². The predicted octanol–water partition coefficient (Wildman–Crippen LogP) is 3.52. The zero-order valence-corrected chi connectivity index (χ0v) is 14.3. The SMILES string of the molecule is Cc1cc(-c2nnc(COC(=O)c3ccc([N+](=O)[O-])c(C)c3)o2)c(C)o1. The Balaban J connectivity index is 1.68. The number of benzene rings is 1. The minimum atomic E-state index is -0.641. The largest absolute Gasteiger partial charge is 0.466 e. The van der Waals surface area contributed by atoms with Crippen molar-refractivity contribution in [2.75, 3.05) is 0 Å². The van der Waals surface area contributed by atoms with Crippen LogP contribution in [0.1, 0.15) is 33.3 Å². The van der Waals surface area contributed by atoms with Crippen molar-refractivity contribution >= 4 is 11.7 Å². The lowest BCUT2D eigenvalue weighted by Crippen LogP contribution is -2.06. The van der Waals surface area contributed by atoms with Gasteiger partial charge in [0.2, 0.25) is 0 Å². The Hall–Kier alpha value is -3.49. The van der Waals surface area contributed by atoms with Gasteiger partial charge in [-0.3, -0.25) is 10.1 Å². The van der Waals surface area contributed by atoms with Crippen LogP contribution in [0.25, 0.3) is 11.5 Å². The predicted molar refractivity (Wildman–Crippen MR) is 88.4 cm³/mol. The number of carbonyl (C=O) groups excluding carboxylic acids is 1. The highest BCUT2D eigenvalue weighted by Crippen LogP contribution is 2.25. The summed E-state index contributed by atoms with van der Waals surface area (Å²) in [4.78, 5) is 22.4. The Morgan fingerprint density at radius 3 is 2.58 bits per heavy atom. The van der Waals surface area contributed by atoms with Crippen molar-refractivity contribution in [3.05, 3.63) is 62.9 Å². The minimum absolute atomic E-state index is 0.0612. The third kappa shape index (κ3) is 3.46. The maximum atomic E-state index is 12.1. The lowest BCUT2D eigenvalue weighted by Gasteiger charge is -2.03. The zero-order valence-electron chi connectivity index (χ0n) is 14.3. The summed E-state index contributed by atoms with van der Waals surface area (Å²) in [6.45, 7) is 4.93. The molecule has 9 heteroatoms. The van der Waals surface area contributed by atoms with E-state index in [1.54, 1.807) is 19.9 Å². The molecule has 1 aromatic carbocycles. The highest BCUT2D eigenvalue weighted by molar-refractivity contribution is 5.90. The van der Waals surface area contributed by atoms with Crippen LogP contribution < -0.4 is 0 Å². The third-order valence-corrected chi connectivity index (χ3v) is 3.69. The van der Waals surface area contributed by atoms with Gasteiger partial charge < -0.3 is 13.6 Å². The molecule has 9 nitrogen and oxygen atoms in total. The summed E-state index contributed by atoms with van der Waals surface area (Å²) in [5.41, 5.74) is 1.19. The monoisotopic (exact) mass is 357 g/mol.